The van der Waals surface area contributed by atoms with Crippen molar-refractivity contribution < 1.29 is 14.4 Å². The Hall–Kier alpha value is -1.93. The SMILES string of the molecule is Cc1noc(CNC(=O)NCC(C)(O)c2ccsc2)n1. The number of hydrogen-bond acceptors (Lipinski definition) is 6. The van der Waals surface area contributed by atoms with Crippen LogP contribution < -0.4 is 10.6 Å². The number of aliphatic hydroxyl groups is 1. The molecule has 108 valence electrons. The van der Waals surface area contributed by atoms with Crippen LogP contribution in [0.2, 0.25) is 0 Å². The number of carbonyl (C=O) groups excluding carboxylic acids is 1. The van der Waals surface area contributed by atoms with E-state index in [1.165, 1.54) is 11.3 Å². The quantitative estimate of drug-likeness (QED) is 0.768. The Bertz CT molecular complexity index is 565. The third-order valence-corrected chi connectivity index (χ3v) is 3.39. The highest BCUT2D eigenvalue weighted by molar-refractivity contribution is 7.08. The maximum absolute atomic E-state index is 11.6. The van der Waals surface area contributed by atoms with Crippen molar-refractivity contribution >= 4 is 17.4 Å². The van der Waals surface area contributed by atoms with Crippen molar-refractivity contribution in [3.05, 3.63) is 34.1 Å². The number of aromatic nitrogens is 2. The Kier molecular flexibility index (Phi) is 4.35. The van der Waals surface area contributed by atoms with E-state index in [1.54, 1.807) is 13.8 Å². The number of rotatable bonds is 5. The molecule has 0 saturated carbocycles. The van der Waals surface area contributed by atoms with E-state index in [0.29, 0.717) is 11.7 Å². The van der Waals surface area contributed by atoms with Crippen LogP contribution in [0.3, 0.4) is 0 Å². The predicted molar refractivity (Wildman–Crippen MR) is 73.2 cm³/mol. The molecular formula is C12H16N4O3S. The van der Waals surface area contributed by atoms with Gasteiger partial charge in [-0.05, 0) is 36.2 Å². The molecule has 2 aromatic rings. The Balaban J connectivity index is 1.77. The zero-order chi connectivity index (χ0) is 14.6. The molecule has 2 heterocycles. The van der Waals surface area contributed by atoms with Crippen LogP contribution in [0.1, 0.15) is 24.2 Å². The van der Waals surface area contributed by atoms with Crippen LogP contribution in [0.15, 0.2) is 21.3 Å². The molecule has 0 radical (unpaired) electrons. The van der Waals surface area contributed by atoms with E-state index in [0.717, 1.165) is 5.56 Å². The molecule has 0 bridgehead atoms. The minimum absolute atomic E-state index is 0.110. The first-order chi connectivity index (χ1) is 9.47. The molecule has 8 heteroatoms. The molecule has 1 atom stereocenters. The van der Waals surface area contributed by atoms with Gasteiger partial charge in [0.05, 0.1) is 13.1 Å². The normalized spacial score (nSPS) is 13.8. The molecule has 0 spiro atoms. The van der Waals surface area contributed by atoms with Crippen molar-refractivity contribution in [2.75, 3.05) is 6.54 Å². The Morgan fingerprint density at radius 2 is 2.35 bits per heavy atom. The van der Waals surface area contributed by atoms with Gasteiger partial charge in [0.15, 0.2) is 5.82 Å². The molecule has 0 aromatic carbocycles. The maximum atomic E-state index is 11.6. The fourth-order valence-electron chi connectivity index (χ4n) is 1.56. The summed E-state index contributed by atoms with van der Waals surface area (Å²) in [6.07, 6.45) is 0. The molecule has 2 rings (SSSR count). The average molecular weight is 296 g/mol. The van der Waals surface area contributed by atoms with Crippen LogP contribution in [0.25, 0.3) is 0 Å². The molecule has 3 N–H and O–H groups in total. The van der Waals surface area contributed by atoms with Crippen molar-refractivity contribution in [3.8, 4) is 0 Å². The van der Waals surface area contributed by atoms with E-state index >= 15 is 0 Å². The second kappa shape index (κ2) is 6.02. The summed E-state index contributed by atoms with van der Waals surface area (Å²) in [5, 5.41) is 22.8. The van der Waals surface area contributed by atoms with E-state index in [-0.39, 0.29) is 13.1 Å². The summed E-state index contributed by atoms with van der Waals surface area (Å²) in [6.45, 7) is 3.60. The van der Waals surface area contributed by atoms with Gasteiger partial charge in [-0.1, -0.05) is 5.16 Å². The summed E-state index contributed by atoms with van der Waals surface area (Å²) >= 11 is 1.49. The van der Waals surface area contributed by atoms with E-state index in [4.69, 9.17) is 4.52 Å². The third-order valence-electron chi connectivity index (χ3n) is 2.71. The molecule has 20 heavy (non-hydrogen) atoms. The Morgan fingerprint density at radius 1 is 1.55 bits per heavy atom. The topological polar surface area (TPSA) is 100 Å². The van der Waals surface area contributed by atoms with Crippen molar-refractivity contribution in [1.29, 1.82) is 0 Å². The molecule has 1 unspecified atom stereocenters. The zero-order valence-electron chi connectivity index (χ0n) is 11.2. The van der Waals surface area contributed by atoms with E-state index in [1.807, 2.05) is 16.8 Å². The smallest absolute Gasteiger partial charge is 0.315 e. The van der Waals surface area contributed by atoms with Crippen LogP contribution in [-0.2, 0) is 12.1 Å². The second-order valence-corrected chi connectivity index (χ2v) is 5.34. The first-order valence-electron chi connectivity index (χ1n) is 6.03. The van der Waals surface area contributed by atoms with Crippen molar-refractivity contribution in [1.82, 2.24) is 20.8 Å². The number of nitrogens with zero attached hydrogens (tertiary/aromatic N) is 2. The van der Waals surface area contributed by atoms with Crippen LogP contribution in [0.5, 0.6) is 0 Å². The molecular weight excluding hydrogens is 280 g/mol. The molecule has 0 aliphatic heterocycles. The lowest BCUT2D eigenvalue weighted by Gasteiger charge is -2.22. The molecule has 0 aliphatic carbocycles. The fourth-order valence-corrected chi connectivity index (χ4v) is 2.34. The minimum atomic E-state index is -1.10. The molecule has 0 saturated heterocycles. The van der Waals surface area contributed by atoms with Gasteiger partial charge in [0.2, 0.25) is 5.89 Å². The first kappa shape index (κ1) is 14.5. The van der Waals surface area contributed by atoms with Crippen LogP contribution in [0.4, 0.5) is 4.79 Å². The van der Waals surface area contributed by atoms with Gasteiger partial charge in [0.25, 0.3) is 0 Å². The largest absolute Gasteiger partial charge is 0.384 e. The zero-order valence-corrected chi connectivity index (χ0v) is 12.0. The lowest BCUT2D eigenvalue weighted by Crippen LogP contribution is -2.43. The van der Waals surface area contributed by atoms with Gasteiger partial charge < -0.3 is 20.3 Å². The lowest BCUT2D eigenvalue weighted by molar-refractivity contribution is 0.0598. The van der Waals surface area contributed by atoms with Gasteiger partial charge in [-0.3, -0.25) is 0 Å². The van der Waals surface area contributed by atoms with Gasteiger partial charge in [-0.15, -0.1) is 0 Å². The molecule has 2 amide bonds. The maximum Gasteiger partial charge on any atom is 0.315 e. The van der Waals surface area contributed by atoms with Gasteiger partial charge in [-0.25, -0.2) is 4.79 Å². The number of nitrogens with one attached hydrogen (secondary N) is 2. The summed E-state index contributed by atoms with van der Waals surface area (Å²) < 4.78 is 4.87. The fraction of sp³-hybridized carbons (Fsp3) is 0.417. The Morgan fingerprint density at radius 3 is 2.95 bits per heavy atom. The Labute approximate surface area is 120 Å². The number of aryl methyl sites for hydroxylation is 1. The molecule has 0 aliphatic rings. The summed E-state index contributed by atoms with van der Waals surface area (Å²) in [5.74, 6) is 0.852. The average Bonchev–Trinajstić information content (AvgIpc) is 3.05. The second-order valence-electron chi connectivity index (χ2n) is 4.56. The third kappa shape index (κ3) is 3.78. The van der Waals surface area contributed by atoms with Crippen LogP contribution in [0, 0.1) is 6.92 Å². The molecule has 7 nitrogen and oxygen atoms in total. The van der Waals surface area contributed by atoms with Crippen molar-refractivity contribution in [2.24, 2.45) is 0 Å². The molecule has 2 aromatic heterocycles. The minimum Gasteiger partial charge on any atom is -0.384 e. The van der Waals surface area contributed by atoms with Gasteiger partial charge in [-0.2, -0.15) is 16.3 Å². The van der Waals surface area contributed by atoms with Crippen LogP contribution in [-0.4, -0.2) is 27.8 Å². The van der Waals surface area contributed by atoms with Gasteiger partial charge >= 0.3 is 6.03 Å². The summed E-state index contributed by atoms with van der Waals surface area (Å²) in [6, 6.07) is 1.42. The van der Waals surface area contributed by atoms with Crippen molar-refractivity contribution in [2.45, 2.75) is 26.0 Å². The summed E-state index contributed by atoms with van der Waals surface area (Å²) in [7, 11) is 0. The predicted octanol–water partition coefficient (Wildman–Crippen LogP) is 1.15. The monoisotopic (exact) mass is 296 g/mol. The molecule has 0 fully saturated rings. The summed E-state index contributed by atoms with van der Waals surface area (Å²) in [4.78, 5) is 15.6. The number of hydrogen-bond donors (Lipinski definition) is 3. The summed E-state index contributed by atoms with van der Waals surface area (Å²) in [5.41, 5.74) is -0.325. The first-order valence-corrected chi connectivity index (χ1v) is 6.97. The van der Waals surface area contributed by atoms with Crippen LogP contribution >= 0.6 is 11.3 Å². The van der Waals surface area contributed by atoms with Gasteiger partial charge in [0.1, 0.15) is 5.60 Å². The number of carbonyl (C=O) groups is 1. The van der Waals surface area contributed by atoms with Crippen molar-refractivity contribution in [3.63, 3.8) is 0 Å². The highest BCUT2D eigenvalue weighted by atomic mass is 32.1. The highest BCUT2D eigenvalue weighted by Crippen LogP contribution is 2.21. The standard InChI is InChI=1S/C12H16N4O3S/c1-8-15-10(19-16-8)5-13-11(17)14-7-12(2,18)9-3-4-20-6-9/h3-4,6,18H,5,7H2,1-2H3,(H2,13,14,17). The number of urea groups is 1. The number of thiophene rings is 1. The van der Waals surface area contributed by atoms with E-state index in [9.17, 15) is 9.90 Å². The highest BCUT2D eigenvalue weighted by Gasteiger charge is 2.24. The van der Waals surface area contributed by atoms with E-state index < -0.39 is 11.6 Å². The van der Waals surface area contributed by atoms with E-state index in [2.05, 4.69) is 20.8 Å². The van der Waals surface area contributed by atoms with Gasteiger partial charge in [0, 0.05) is 0 Å². The number of amides is 2. The lowest BCUT2D eigenvalue weighted by atomic mass is 9.99.